The molecule has 0 spiro atoms. The zero-order valence-electron chi connectivity index (χ0n) is 15.0. The van der Waals surface area contributed by atoms with Gasteiger partial charge in [0, 0.05) is 33.4 Å². The maximum Gasteiger partial charge on any atom is 0.242 e. The molecule has 0 radical (unpaired) electrons. The zero-order valence-corrected chi connectivity index (χ0v) is 15.8. The van der Waals surface area contributed by atoms with Crippen LogP contribution in [-0.4, -0.2) is 33.9 Å². The molecule has 0 aliphatic heterocycles. The second-order valence-electron chi connectivity index (χ2n) is 6.54. The van der Waals surface area contributed by atoms with Gasteiger partial charge in [0.2, 0.25) is 10.0 Å². The molecule has 0 aliphatic carbocycles. The van der Waals surface area contributed by atoms with E-state index in [4.69, 9.17) is 0 Å². The lowest BCUT2D eigenvalue weighted by Crippen LogP contribution is -2.22. The first-order chi connectivity index (χ1) is 11.2. The highest BCUT2D eigenvalue weighted by atomic mass is 32.2. The van der Waals surface area contributed by atoms with Crippen LogP contribution in [0.15, 0.2) is 53.4 Å². The van der Waals surface area contributed by atoms with Gasteiger partial charge in [0.15, 0.2) is 0 Å². The fourth-order valence-electron chi connectivity index (χ4n) is 2.50. The number of rotatable bonds is 6. The third-order valence-corrected chi connectivity index (χ3v) is 5.89. The van der Waals surface area contributed by atoms with Crippen molar-refractivity contribution in [1.82, 2.24) is 4.31 Å². The van der Waals surface area contributed by atoms with Crippen LogP contribution in [-0.2, 0) is 16.6 Å². The molecule has 0 saturated heterocycles. The SMILES string of the molecule is CC(C)c1cccc(N(C)Cc2cccc(S(=O)(=O)N(C)C)c2)c1. The molecule has 0 N–H and O–H groups in total. The lowest BCUT2D eigenvalue weighted by atomic mass is 10.0. The van der Waals surface area contributed by atoms with Gasteiger partial charge in [-0.3, -0.25) is 0 Å². The topological polar surface area (TPSA) is 40.6 Å². The van der Waals surface area contributed by atoms with E-state index in [1.54, 1.807) is 32.3 Å². The van der Waals surface area contributed by atoms with Crippen molar-refractivity contribution in [2.75, 3.05) is 26.0 Å². The van der Waals surface area contributed by atoms with Gasteiger partial charge >= 0.3 is 0 Å². The number of hydrogen-bond donors (Lipinski definition) is 0. The summed E-state index contributed by atoms with van der Waals surface area (Å²) in [6.45, 7) is 5.00. The van der Waals surface area contributed by atoms with Gasteiger partial charge in [0.25, 0.3) is 0 Å². The third-order valence-electron chi connectivity index (χ3n) is 4.07. The third kappa shape index (κ3) is 4.16. The number of anilines is 1. The van der Waals surface area contributed by atoms with Crippen molar-refractivity contribution in [3.63, 3.8) is 0 Å². The summed E-state index contributed by atoms with van der Waals surface area (Å²) in [5.41, 5.74) is 3.39. The second-order valence-corrected chi connectivity index (χ2v) is 8.69. The summed E-state index contributed by atoms with van der Waals surface area (Å²) in [5.74, 6) is 0.479. The Labute approximate surface area is 145 Å². The molecule has 0 heterocycles. The molecule has 4 nitrogen and oxygen atoms in total. The van der Waals surface area contributed by atoms with Crippen LogP contribution in [0.1, 0.15) is 30.9 Å². The Morgan fingerprint density at radius 2 is 1.62 bits per heavy atom. The summed E-state index contributed by atoms with van der Waals surface area (Å²) in [6, 6.07) is 15.6. The highest BCUT2D eigenvalue weighted by molar-refractivity contribution is 7.89. The molecule has 0 amide bonds. The van der Waals surface area contributed by atoms with E-state index in [-0.39, 0.29) is 0 Å². The Bertz CT molecular complexity index is 799. The van der Waals surface area contributed by atoms with Crippen LogP contribution in [0.2, 0.25) is 0 Å². The van der Waals surface area contributed by atoms with Crippen molar-refractivity contribution in [3.05, 3.63) is 59.7 Å². The van der Waals surface area contributed by atoms with Gasteiger partial charge in [0.05, 0.1) is 4.90 Å². The quantitative estimate of drug-likeness (QED) is 0.801. The molecule has 130 valence electrons. The summed E-state index contributed by atoms with van der Waals surface area (Å²) in [6.07, 6.45) is 0. The molecule has 2 rings (SSSR count). The summed E-state index contributed by atoms with van der Waals surface area (Å²) in [7, 11) is 1.71. The Kier molecular flexibility index (Phi) is 5.67. The van der Waals surface area contributed by atoms with Gasteiger partial charge in [0.1, 0.15) is 0 Å². The lowest BCUT2D eigenvalue weighted by Gasteiger charge is -2.21. The van der Waals surface area contributed by atoms with Crippen LogP contribution in [0.4, 0.5) is 5.69 Å². The molecule has 2 aromatic rings. The summed E-state index contributed by atoms with van der Waals surface area (Å²) in [4.78, 5) is 2.46. The predicted octanol–water partition coefficient (Wildman–Crippen LogP) is 3.70. The molecule has 0 atom stereocenters. The smallest absolute Gasteiger partial charge is 0.242 e. The maximum atomic E-state index is 12.3. The van der Waals surface area contributed by atoms with Crippen LogP contribution >= 0.6 is 0 Å². The molecule has 0 fully saturated rings. The van der Waals surface area contributed by atoms with E-state index in [0.717, 1.165) is 11.3 Å². The van der Waals surface area contributed by atoms with Crippen LogP contribution in [0.25, 0.3) is 0 Å². The van der Waals surface area contributed by atoms with Crippen molar-refractivity contribution in [2.45, 2.75) is 31.2 Å². The average molecular weight is 346 g/mol. The van der Waals surface area contributed by atoms with E-state index in [2.05, 4.69) is 43.0 Å². The van der Waals surface area contributed by atoms with E-state index in [9.17, 15) is 8.42 Å². The summed E-state index contributed by atoms with van der Waals surface area (Å²) >= 11 is 0. The molecule has 2 aromatic carbocycles. The first kappa shape index (κ1) is 18.5. The molecular weight excluding hydrogens is 320 g/mol. The van der Waals surface area contributed by atoms with E-state index in [1.165, 1.54) is 9.87 Å². The Balaban J connectivity index is 2.24. The van der Waals surface area contributed by atoms with Gasteiger partial charge in [-0.2, -0.15) is 0 Å². The molecule has 0 saturated carbocycles. The summed E-state index contributed by atoms with van der Waals surface area (Å²) in [5, 5.41) is 0. The van der Waals surface area contributed by atoms with Gasteiger partial charge in [-0.1, -0.05) is 38.1 Å². The maximum absolute atomic E-state index is 12.3. The molecule has 0 aromatic heterocycles. The minimum Gasteiger partial charge on any atom is -0.370 e. The van der Waals surface area contributed by atoms with Crippen LogP contribution in [0.5, 0.6) is 0 Å². The normalized spacial score (nSPS) is 12.0. The second kappa shape index (κ2) is 7.36. The van der Waals surface area contributed by atoms with E-state index in [0.29, 0.717) is 17.4 Å². The van der Waals surface area contributed by atoms with E-state index in [1.807, 2.05) is 13.1 Å². The van der Waals surface area contributed by atoms with Gasteiger partial charge in [-0.15, -0.1) is 0 Å². The monoisotopic (exact) mass is 346 g/mol. The van der Waals surface area contributed by atoms with Crippen molar-refractivity contribution < 1.29 is 8.42 Å². The largest absolute Gasteiger partial charge is 0.370 e. The van der Waals surface area contributed by atoms with Crippen molar-refractivity contribution >= 4 is 15.7 Å². The minimum absolute atomic E-state index is 0.328. The molecule has 24 heavy (non-hydrogen) atoms. The van der Waals surface area contributed by atoms with Crippen molar-refractivity contribution in [3.8, 4) is 0 Å². The zero-order chi connectivity index (χ0) is 17.9. The molecule has 0 bridgehead atoms. The van der Waals surface area contributed by atoms with Crippen LogP contribution < -0.4 is 4.90 Å². The fourth-order valence-corrected chi connectivity index (χ4v) is 3.47. The van der Waals surface area contributed by atoms with Crippen molar-refractivity contribution in [2.24, 2.45) is 0 Å². The highest BCUT2D eigenvalue weighted by Gasteiger charge is 2.17. The molecule has 0 unspecified atom stereocenters. The van der Waals surface area contributed by atoms with Gasteiger partial charge in [-0.05, 0) is 41.3 Å². The molecular formula is C19H26N2O2S. The summed E-state index contributed by atoms with van der Waals surface area (Å²) < 4.78 is 25.8. The number of hydrogen-bond acceptors (Lipinski definition) is 3. The van der Waals surface area contributed by atoms with Crippen LogP contribution in [0.3, 0.4) is 0 Å². The van der Waals surface area contributed by atoms with E-state index < -0.39 is 10.0 Å². The highest BCUT2D eigenvalue weighted by Crippen LogP contribution is 2.23. The molecule has 5 heteroatoms. The Hall–Kier alpha value is -1.85. The van der Waals surface area contributed by atoms with Crippen LogP contribution in [0, 0.1) is 0 Å². The number of benzene rings is 2. The number of nitrogens with zero attached hydrogens (tertiary/aromatic N) is 2. The Morgan fingerprint density at radius 3 is 2.25 bits per heavy atom. The Morgan fingerprint density at radius 1 is 0.958 bits per heavy atom. The van der Waals surface area contributed by atoms with E-state index >= 15 is 0 Å². The molecule has 0 aliphatic rings. The average Bonchev–Trinajstić information content (AvgIpc) is 2.55. The van der Waals surface area contributed by atoms with Crippen molar-refractivity contribution in [1.29, 1.82) is 0 Å². The lowest BCUT2D eigenvalue weighted by molar-refractivity contribution is 0.520. The first-order valence-corrected chi connectivity index (χ1v) is 9.48. The van der Waals surface area contributed by atoms with Gasteiger partial charge in [-0.25, -0.2) is 12.7 Å². The predicted molar refractivity (Wildman–Crippen MR) is 100.0 cm³/mol. The minimum atomic E-state index is -3.40. The number of sulfonamides is 1. The fraction of sp³-hybridized carbons (Fsp3) is 0.368. The standard InChI is InChI=1S/C19H26N2O2S/c1-15(2)17-9-7-10-18(13-17)21(5)14-16-8-6-11-19(12-16)24(22,23)20(3)4/h6-13,15H,14H2,1-5H3. The van der Waals surface area contributed by atoms with Gasteiger partial charge < -0.3 is 4.90 Å². The first-order valence-electron chi connectivity index (χ1n) is 8.04.